The first-order chi connectivity index (χ1) is 20.4. The van der Waals surface area contributed by atoms with Gasteiger partial charge in [0.25, 0.3) is 0 Å². The fourth-order valence-electron chi connectivity index (χ4n) is 7.70. The number of rotatable bonds is 5. The van der Waals surface area contributed by atoms with Gasteiger partial charge in [0.05, 0.1) is 16.5 Å². The fourth-order valence-corrected chi connectivity index (χ4v) is 7.70. The molecule has 0 radical (unpaired) electrons. The van der Waals surface area contributed by atoms with Crippen LogP contribution < -0.4 is 15.0 Å². The number of terminal acetylenes is 1. The van der Waals surface area contributed by atoms with E-state index in [0.29, 0.717) is 70.7 Å². The molecular formula is C32H31F2N5O3. The molecule has 2 aromatic carbocycles. The van der Waals surface area contributed by atoms with Crippen LogP contribution >= 0.6 is 0 Å². The minimum Gasteiger partial charge on any atom is -0.508 e. The second-order valence-corrected chi connectivity index (χ2v) is 12.2. The van der Waals surface area contributed by atoms with E-state index < -0.39 is 12.0 Å². The molecule has 6 heterocycles. The Hall–Kier alpha value is -3.94. The number of phenolic OH excluding ortho intramolecular Hbond substituents is 1. The van der Waals surface area contributed by atoms with Gasteiger partial charge in [-0.05, 0) is 61.9 Å². The molecule has 4 aliphatic heterocycles. The van der Waals surface area contributed by atoms with E-state index in [-0.39, 0.29) is 22.9 Å². The molecular weight excluding hydrogens is 540 g/mol. The first-order valence-corrected chi connectivity index (χ1v) is 14.7. The van der Waals surface area contributed by atoms with Crippen LogP contribution in [0.3, 0.4) is 0 Å². The third kappa shape index (κ3) is 4.09. The van der Waals surface area contributed by atoms with Crippen LogP contribution in [-0.4, -0.2) is 76.6 Å². The average molecular weight is 572 g/mol. The number of alkyl halides is 1. The van der Waals surface area contributed by atoms with Crippen molar-refractivity contribution in [1.82, 2.24) is 20.2 Å². The van der Waals surface area contributed by atoms with E-state index in [2.05, 4.69) is 26.0 Å². The summed E-state index contributed by atoms with van der Waals surface area (Å²) in [6.07, 6.45) is 9.43. The molecule has 10 heteroatoms. The van der Waals surface area contributed by atoms with Gasteiger partial charge in [0, 0.05) is 49.1 Å². The van der Waals surface area contributed by atoms with Crippen molar-refractivity contribution in [1.29, 1.82) is 0 Å². The molecule has 216 valence electrons. The lowest BCUT2D eigenvalue weighted by Gasteiger charge is -2.34. The van der Waals surface area contributed by atoms with Crippen molar-refractivity contribution in [2.45, 2.75) is 55.9 Å². The highest BCUT2D eigenvalue weighted by atomic mass is 19.1. The number of anilines is 1. The van der Waals surface area contributed by atoms with Gasteiger partial charge in [-0.3, -0.25) is 4.90 Å². The number of aromatic nitrogens is 2. The number of nitrogens with zero attached hydrogens (tertiary/aromatic N) is 4. The Balaban J connectivity index is 1.24. The van der Waals surface area contributed by atoms with Crippen molar-refractivity contribution >= 4 is 27.7 Å². The van der Waals surface area contributed by atoms with Crippen molar-refractivity contribution in [3.63, 3.8) is 0 Å². The van der Waals surface area contributed by atoms with Gasteiger partial charge in [-0.25, -0.2) is 8.78 Å². The minimum atomic E-state index is -0.855. The summed E-state index contributed by atoms with van der Waals surface area (Å²) in [5.74, 6) is 3.03. The quantitative estimate of drug-likeness (QED) is 0.332. The molecule has 2 unspecified atom stereocenters. The summed E-state index contributed by atoms with van der Waals surface area (Å²) in [5, 5.41) is 16.0. The summed E-state index contributed by atoms with van der Waals surface area (Å²) in [6.45, 7) is 3.19. The predicted octanol–water partition coefficient (Wildman–Crippen LogP) is 4.76. The van der Waals surface area contributed by atoms with Crippen molar-refractivity contribution in [3.05, 3.63) is 41.7 Å². The lowest BCUT2D eigenvalue weighted by Crippen LogP contribution is -2.51. The van der Waals surface area contributed by atoms with Crippen molar-refractivity contribution in [2.24, 2.45) is 0 Å². The molecule has 42 heavy (non-hydrogen) atoms. The first kappa shape index (κ1) is 25.7. The summed E-state index contributed by atoms with van der Waals surface area (Å²) in [5.41, 5.74) is 0.544. The van der Waals surface area contributed by atoms with E-state index in [0.717, 1.165) is 45.3 Å². The summed E-state index contributed by atoms with van der Waals surface area (Å²) < 4.78 is 41.7. The number of benzene rings is 2. The number of piperazine rings is 1. The third-order valence-electron chi connectivity index (χ3n) is 9.56. The fraction of sp³-hybridized carbons (Fsp3) is 0.438. The zero-order valence-electron chi connectivity index (χ0n) is 23.1. The minimum absolute atomic E-state index is 0.00431. The number of hydrogen-bond donors (Lipinski definition) is 2. The first-order valence-electron chi connectivity index (χ1n) is 14.7. The zero-order chi connectivity index (χ0) is 28.6. The van der Waals surface area contributed by atoms with E-state index in [4.69, 9.17) is 20.6 Å². The number of nitrogens with one attached hydrogen (secondary N) is 1. The van der Waals surface area contributed by atoms with E-state index >= 15 is 0 Å². The summed E-state index contributed by atoms with van der Waals surface area (Å²) in [4.78, 5) is 14.0. The molecule has 2 bridgehead atoms. The van der Waals surface area contributed by atoms with Crippen LogP contribution in [0, 0.1) is 18.2 Å². The van der Waals surface area contributed by atoms with E-state index in [1.165, 1.54) is 12.1 Å². The molecule has 8 nitrogen and oxygen atoms in total. The molecule has 0 aliphatic carbocycles. The van der Waals surface area contributed by atoms with Gasteiger partial charge >= 0.3 is 6.01 Å². The number of ether oxygens (including phenoxy) is 1. The Kier molecular flexibility index (Phi) is 5.85. The highest BCUT2D eigenvalue weighted by Gasteiger charge is 2.49. The number of halogens is 2. The number of phenols is 1. The SMILES string of the molecule is C#Cc1c(F)ccc2cc(O)cc(-c3cc4c(N5CC6CCC(C5)N6)nc(OC[C@@]56CCCN5C[C@H](F)C6)nc4o3)c12. The van der Waals surface area contributed by atoms with Crippen LogP contribution in [0.1, 0.15) is 37.7 Å². The third-order valence-corrected chi connectivity index (χ3v) is 9.56. The van der Waals surface area contributed by atoms with Gasteiger partial charge in [-0.1, -0.05) is 12.0 Å². The molecule has 4 aromatic rings. The number of hydrogen-bond acceptors (Lipinski definition) is 8. The summed E-state index contributed by atoms with van der Waals surface area (Å²) in [7, 11) is 0. The van der Waals surface area contributed by atoms with Crippen LogP contribution in [0.5, 0.6) is 11.8 Å². The topological polar surface area (TPSA) is 86.9 Å². The smallest absolute Gasteiger partial charge is 0.321 e. The lowest BCUT2D eigenvalue weighted by molar-refractivity contribution is 0.107. The Morgan fingerprint density at radius 3 is 2.81 bits per heavy atom. The van der Waals surface area contributed by atoms with Gasteiger partial charge in [0.15, 0.2) is 0 Å². The second kappa shape index (κ2) is 9.54. The maximum atomic E-state index is 14.8. The molecule has 2 aromatic heterocycles. The molecule has 4 saturated heterocycles. The monoisotopic (exact) mass is 571 g/mol. The molecule has 4 atom stereocenters. The molecule has 4 aliphatic rings. The van der Waals surface area contributed by atoms with Crippen LogP contribution in [0.15, 0.2) is 34.7 Å². The molecule has 8 rings (SSSR count). The average Bonchev–Trinajstić information content (AvgIpc) is 3.73. The van der Waals surface area contributed by atoms with E-state index in [9.17, 15) is 13.9 Å². The van der Waals surface area contributed by atoms with E-state index in [1.54, 1.807) is 12.1 Å². The Bertz CT molecular complexity index is 1760. The number of aromatic hydroxyl groups is 1. The number of furan rings is 1. The summed E-state index contributed by atoms with van der Waals surface area (Å²) in [6, 6.07) is 8.71. The van der Waals surface area contributed by atoms with Gasteiger partial charge in [-0.15, -0.1) is 6.42 Å². The predicted molar refractivity (Wildman–Crippen MR) is 155 cm³/mol. The highest BCUT2D eigenvalue weighted by molar-refractivity contribution is 6.03. The second-order valence-electron chi connectivity index (χ2n) is 12.2. The van der Waals surface area contributed by atoms with Gasteiger partial charge in [-0.2, -0.15) is 9.97 Å². The normalized spacial score (nSPS) is 27.2. The molecule has 0 amide bonds. The Morgan fingerprint density at radius 1 is 1.17 bits per heavy atom. The van der Waals surface area contributed by atoms with Gasteiger partial charge in [0.2, 0.25) is 5.71 Å². The Morgan fingerprint density at radius 2 is 2.00 bits per heavy atom. The maximum absolute atomic E-state index is 14.8. The Labute approximate surface area is 241 Å². The summed E-state index contributed by atoms with van der Waals surface area (Å²) >= 11 is 0. The lowest BCUT2D eigenvalue weighted by atomic mass is 9.95. The highest BCUT2D eigenvalue weighted by Crippen LogP contribution is 2.42. The molecule has 0 saturated carbocycles. The van der Waals surface area contributed by atoms with Gasteiger partial charge < -0.3 is 24.5 Å². The van der Waals surface area contributed by atoms with Crippen LogP contribution in [-0.2, 0) is 0 Å². The van der Waals surface area contributed by atoms with E-state index in [1.807, 2.05) is 6.07 Å². The number of fused-ring (bicyclic) bond motifs is 5. The zero-order valence-corrected chi connectivity index (χ0v) is 23.1. The van der Waals surface area contributed by atoms with Crippen LogP contribution in [0.4, 0.5) is 14.6 Å². The molecule has 0 spiro atoms. The van der Waals surface area contributed by atoms with Crippen LogP contribution in [0.25, 0.3) is 33.2 Å². The van der Waals surface area contributed by atoms with Crippen LogP contribution in [0.2, 0.25) is 0 Å². The maximum Gasteiger partial charge on any atom is 0.321 e. The molecule has 2 N–H and O–H groups in total. The largest absolute Gasteiger partial charge is 0.508 e. The molecule has 4 fully saturated rings. The van der Waals surface area contributed by atoms with Crippen molar-refractivity contribution < 1.29 is 23.0 Å². The standard InChI is InChI=1S/C32H31F2N5O3/c1-2-23-26(34)7-4-18-10-22(40)11-24(28(18)23)27-12-25-29(38-15-20-5-6-21(16-38)35-20)36-31(37-30(25)42-27)41-17-32-8-3-9-39(32)14-19(33)13-32/h1,4,7,10-12,19-21,35,40H,3,5-6,8-9,13-17H2/t19-,20?,21?,32+/m1/s1. The van der Waals surface area contributed by atoms with Gasteiger partial charge in [0.1, 0.15) is 35.9 Å². The van der Waals surface area contributed by atoms with Crippen molar-refractivity contribution in [3.8, 4) is 35.4 Å². The van der Waals surface area contributed by atoms with Crippen molar-refractivity contribution in [2.75, 3.05) is 37.7 Å².